The number of hydrogen-bond acceptors (Lipinski definition) is 7. The molecule has 2 saturated heterocycles. The fraction of sp³-hybridized carbons (Fsp3) is 0.355. The van der Waals surface area contributed by atoms with Gasteiger partial charge < -0.3 is 4.90 Å². The molecular formula is C31H30F3N5O4S. The summed E-state index contributed by atoms with van der Waals surface area (Å²) in [7, 11) is 0. The third-order valence-electron chi connectivity index (χ3n) is 8.34. The van der Waals surface area contributed by atoms with Crippen LogP contribution < -0.4 is 14.7 Å². The van der Waals surface area contributed by atoms with Gasteiger partial charge in [-0.2, -0.15) is 13.2 Å². The Hall–Kier alpha value is -4.10. The van der Waals surface area contributed by atoms with E-state index in [9.17, 15) is 32.9 Å². The predicted octanol–water partition coefficient (Wildman–Crippen LogP) is 5.68. The first kappa shape index (κ1) is 29.9. The Kier molecular flexibility index (Phi) is 7.36. The van der Waals surface area contributed by atoms with E-state index in [-0.39, 0.29) is 24.2 Å². The van der Waals surface area contributed by atoms with Crippen molar-refractivity contribution in [3.8, 4) is 0 Å². The monoisotopic (exact) mass is 625 g/mol. The van der Waals surface area contributed by atoms with Crippen molar-refractivity contribution in [1.29, 1.82) is 0 Å². The third-order valence-corrected chi connectivity index (χ3v) is 9.82. The van der Waals surface area contributed by atoms with Crippen molar-refractivity contribution < 1.29 is 27.7 Å². The number of carbonyl (C=O) groups is 2. The number of amides is 2. The van der Waals surface area contributed by atoms with Gasteiger partial charge in [0.2, 0.25) is 10.8 Å². The van der Waals surface area contributed by atoms with Gasteiger partial charge in [-0.3, -0.25) is 34.4 Å². The summed E-state index contributed by atoms with van der Waals surface area (Å²) in [5.41, 5.74) is 2.54. The molecule has 6 rings (SSSR count). The zero-order valence-corrected chi connectivity index (χ0v) is 25.1. The molecule has 0 saturated carbocycles. The van der Waals surface area contributed by atoms with Crippen LogP contribution in [0.3, 0.4) is 0 Å². The Morgan fingerprint density at radius 2 is 1.61 bits per heavy atom. The molecule has 2 atom stereocenters. The van der Waals surface area contributed by atoms with E-state index in [1.54, 1.807) is 14.7 Å². The number of thioether (sulfide) groups is 1. The molecule has 0 N–H and O–H groups in total. The van der Waals surface area contributed by atoms with Crippen LogP contribution in [0.2, 0.25) is 0 Å². The van der Waals surface area contributed by atoms with E-state index >= 15 is 0 Å². The number of anilines is 3. The van der Waals surface area contributed by atoms with Crippen molar-refractivity contribution in [3.05, 3.63) is 93.0 Å². The predicted molar refractivity (Wildman–Crippen MR) is 163 cm³/mol. The minimum Gasteiger partial charge on any atom is -0.363 e. The van der Waals surface area contributed by atoms with Gasteiger partial charge in [0.1, 0.15) is 5.69 Å². The summed E-state index contributed by atoms with van der Waals surface area (Å²) in [6, 6.07) is 15.9. The van der Waals surface area contributed by atoms with Crippen LogP contribution in [-0.2, 0) is 20.6 Å². The first-order valence-electron chi connectivity index (χ1n) is 14.2. The number of aryl methyl sites for hydroxylation is 2. The van der Waals surface area contributed by atoms with Gasteiger partial charge >= 0.3 is 6.18 Å². The Labute approximate surface area is 256 Å². The van der Waals surface area contributed by atoms with E-state index in [0.29, 0.717) is 43.6 Å². The molecule has 3 heterocycles. The molecule has 3 aliphatic heterocycles. The van der Waals surface area contributed by atoms with Crippen molar-refractivity contribution in [3.63, 3.8) is 0 Å². The Bertz CT molecular complexity index is 1660. The molecule has 0 aliphatic carbocycles. The van der Waals surface area contributed by atoms with Crippen molar-refractivity contribution >= 4 is 46.3 Å². The summed E-state index contributed by atoms with van der Waals surface area (Å²) < 4.78 is 39.6. The molecule has 44 heavy (non-hydrogen) atoms. The molecule has 13 heteroatoms. The van der Waals surface area contributed by atoms with Gasteiger partial charge in [-0.1, -0.05) is 24.3 Å². The molecule has 0 unspecified atom stereocenters. The van der Waals surface area contributed by atoms with E-state index in [1.807, 2.05) is 68.1 Å². The highest BCUT2D eigenvalue weighted by Crippen LogP contribution is 2.58. The number of hydrogen-bond donors (Lipinski definition) is 0. The van der Waals surface area contributed by atoms with Crippen LogP contribution in [-0.4, -0.2) is 59.7 Å². The molecule has 0 radical (unpaired) electrons. The fourth-order valence-electron chi connectivity index (χ4n) is 6.40. The second kappa shape index (κ2) is 10.8. The lowest BCUT2D eigenvalue weighted by Gasteiger charge is -2.38. The number of fused-ring (bicyclic) bond motifs is 2. The number of halogens is 3. The highest BCUT2D eigenvalue weighted by atomic mass is 32.2. The largest absolute Gasteiger partial charge is 0.416 e. The SMILES string of the molecule is Cc1cc(C)cc(N2C(=O)[C@H](C)S[C@]23C(=O)N(CN2CCN(c4ccc(C(F)(F)F)cc4[N+](=O)[O-])CC2)c2ccccc23)c1. The minimum atomic E-state index is -4.69. The van der Waals surface area contributed by atoms with Gasteiger partial charge in [0.15, 0.2) is 0 Å². The van der Waals surface area contributed by atoms with Crippen molar-refractivity contribution in [2.75, 3.05) is 47.5 Å². The quantitative estimate of drug-likeness (QED) is 0.266. The van der Waals surface area contributed by atoms with Crippen molar-refractivity contribution in [2.24, 2.45) is 0 Å². The smallest absolute Gasteiger partial charge is 0.363 e. The Balaban J connectivity index is 1.27. The van der Waals surface area contributed by atoms with E-state index in [1.165, 1.54) is 11.8 Å². The summed E-state index contributed by atoms with van der Waals surface area (Å²) >= 11 is 1.33. The number of nitrogens with zero attached hydrogens (tertiary/aromatic N) is 5. The second-order valence-electron chi connectivity index (χ2n) is 11.4. The summed E-state index contributed by atoms with van der Waals surface area (Å²) in [5, 5.41) is 11.2. The van der Waals surface area contributed by atoms with Gasteiger partial charge in [0, 0.05) is 43.5 Å². The van der Waals surface area contributed by atoms with Gasteiger partial charge in [-0.05, 0) is 62.2 Å². The Morgan fingerprint density at radius 3 is 2.25 bits per heavy atom. The lowest BCUT2D eigenvalue weighted by molar-refractivity contribution is -0.384. The highest BCUT2D eigenvalue weighted by molar-refractivity contribution is 8.03. The molecular weight excluding hydrogens is 595 g/mol. The van der Waals surface area contributed by atoms with Crippen LogP contribution in [0, 0.1) is 24.0 Å². The van der Waals surface area contributed by atoms with Crippen LogP contribution in [0.25, 0.3) is 0 Å². The first-order valence-corrected chi connectivity index (χ1v) is 15.0. The normalized spacial score (nSPS) is 22.3. The molecule has 2 amide bonds. The molecule has 3 aromatic rings. The van der Waals surface area contributed by atoms with Crippen LogP contribution in [0.15, 0.2) is 60.7 Å². The van der Waals surface area contributed by atoms with E-state index in [4.69, 9.17) is 0 Å². The number of benzene rings is 3. The number of piperazine rings is 1. The zero-order valence-electron chi connectivity index (χ0n) is 24.3. The summed E-state index contributed by atoms with van der Waals surface area (Å²) in [6.07, 6.45) is -4.69. The van der Waals surface area contributed by atoms with Crippen LogP contribution in [0.4, 0.5) is 35.9 Å². The van der Waals surface area contributed by atoms with Gasteiger partial charge in [-0.15, -0.1) is 11.8 Å². The number of nitro benzene ring substituents is 1. The lowest BCUT2D eigenvalue weighted by Crippen LogP contribution is -2.54. The van der Waals surface area contributed by atoms with E-state index in [2.05, 4.69) is 0 Å². The molecule has 2 fully saturated rings. The van der Waals surface area contributed by atoms with Crippen molar-refractivity contribution in [2.45, 2.75) is 37.1 Å². The maximum atomic E-state index is 14.5. The standard InChI is InChI=1S/C31H30F3N5O4S/c1-19-14-20(2)16-23(15-19)38-28(40)21(3)44-30(38)24-6-4-5-7-25(24)37(29(30)41)18-35-10-12-36(13-11-35)26-9-8-22(31(32,33)34)17-27(26)39(42)43/h4-9,14-17,21H,10-13,18H2,1-3H3/t21-,30+/m0/s1. The number of carbonyl (C=O) groups excluding carboxylic acids is 2. The van der Waals surface area contributed by atoms with Crippen molar-refractivity contribution in [1.82, 2.24) is 4.90 Å². The maximum Gasteiger partial charge on any atom is 0.416 e. The zero-order chi connectivity index (χ0) is 31.6. The molecule has 3 aliphatic rings. The number of alkyl halides is 3. The van der Waals surface area contributed by atoms with Gasteiger partial charge in [0.25, 0.3) is 11.6 Å². The number of nitro groups is 1. The second-order valence-corrected chi connectivity index (χ2v) is 12.9. The molecule has 230 valence electrons. The number of para-hydroxylation sites is 1. The lowest BCUT2D eigenvalue weighted by atomic mass is 10.0. The summed E-state index contributed by atoms with van der Waals surface area (Å²) in [6.45, 7) is 7.42. The first-order chi connectivity index (χ1) is 20.8. The summed E-state index contributed by atoms with van der Waals surface area (Å²) in [4.78, 5) is 44.9. The van der Waals surface area contributed by atoms with Crippen LogP contribution in [0.5, 0.6) is 0 Å². The van der Waals surface area contributed by atoms with Gasteiger partial charge in [0.05, 0.1) is 28.1 Å². The van der Waals surface area contributed by atoms with Gasteiger partial charge in [-0.25, -0.2) is 0 Å². The average molecular weight is 626 g/mol. The fourth-order valence-corrected chi connectivity index (χ4v) is 7.93. The number of rotatable bonds is 5. The summed E-state index contributed by atoms with van der Waals surface area (Å²) in [5.74, 6) is -0.363. The van der Waals surface area contributed by atoms with E-state index < -0.39 is 32.5 Å². The molecule has 1 spiro atoms. The maximum absolute atomic E-state index is 14.5. The van der Waals surface area contributed by atoms with Crippen LogP contribution >= 0.6 is 11.8 Å². The average Bonchev–Trinajstić information content (AvgIpc) is 3.37. The van der Waals surface area contributed by atoms with E-state index in [0.717, 1.165) is 28.8 Å². The molecule has 9 nitrogen and oxygen atoms in total. The molecule has 0 aromatic heterocycles. The minimum absolute atomic E-state index is 0.128. The van der Waals surface area contributed by atoms with Crippen LogP contribution in [0.1, 0.15) is 29.2 Å². The highest BCUT2D eigenvalue weighted by Gasteiger charge is 2.63. The Morgan fingerprint density at radius 1 is 0.955 bits per heavy atom. The molecule has 0 bridgehead atoms. The molecule has 3 aromatic carbocycles. The topological polar surface area (TPSA) is 90.2 Å². The third kappa shape index (κ3) is 4.87.